The molecular weight excluding hydrogens is 114 g/mol. The Hall–Kier alpha value is -0.760. The minimum absolute atomic E-state index is 0.0891. The van der Waals surface area contributed by atoms with Crippen LogP contribution in [0.2, 0.25) is 0 Å². The third-order valence-corrected chi connectivity index (χ3v) is 1.23. The van der Waals surface area contributed by atoms with Crippen LogP contribution in [0.25, 0.3) is 0 Å². The van der Waals surface area contributed by atoms with E-state index in [0.717, 1.165) is 5.70 Å². The first kappa shape index (κ1) is 6.36. The van der Waals surface area contributed by atoms with Gasteiger partial charge in [-0.2, -0.15) is 0 Å². The van der Waals surface area contributed by atoms with Crippen molar-refractivity contribution in [2.24, 2.45) is 0 Å². The van der Waals surface area contributed by atoms with Crippen LogP contribution in [0.3, 0.4) is 0 Å². The summed E-state index contributed by atoms with van der Waals surface area (Å²) >= 11 is 0. The van der Waals surface area contributed by atoms with Gasteiger partial charge in [0.1, 0.15) is 0 Å². The number of hydrogen-bond donors (Lipinski definition) is 2. The monoisotopic (exact) mass is 124 g/mol. The van der Waals surface area contributed by atoms with Gasteiger partial charge < -0.3 is 10.4 Å². The molecule has 0 aromatic carbocycles. The molecule has 1 heterocycles. The van der Waals surface area contributed by atoms with Crippen molar-refractivity contribution in [1.29, 1.82) is 0 Å². The molecule has 2 heteroatoms. The van der Waals surface area contributed by atoms with E-state index < -0.39 is 0 Å². The maximum absolute atomic E-state index is 8.65. The van der Waals surface area contributed by atoms with Crippen LogP contribution in [0.4, 0.5) is 0 Å². The van der Waals surface area contributed by atoms with Crippen molar-refractivity contribution in [2.75, 3.05) is 6.61 Å². The van der Waals surface area contributed by atoms with Gasteiger partial charge in [-0.3, -0.25) is 0 Å². The SMILES string of the molecule is CC1=[C]C=C[C@@H](CO)N1. The van der Waals surface area contributed by atoms with Gasteiger partial charge in [0.25, 0.3) is 0 Å². The number of nitrogens with one attached hydrogen (secondary N) is 1. The summed E-state index contributed by atoms with van der Waals surface area (Å²) in [6.07, 6.45) is 6.67. The molecule has 0 aromatic rings. The zero-order valence-electron chi connectivity index (χ0n) is 5.39. The first-order valence-corrected chi connectivity index (χ1v) is 2.97. The van der Waals surface area contributed by atoms with Gasteiger partial charge in [-0.15, -0.1) is 0 Å². The van der Waals surface area contributed by atoms with Gasteiger partial charge in [0.15, 0.2) is 0 Å². The van der Waals surface area contributed by atoms with Gasteiger partial charge in [0.05, 0.1) is 12.6 Å². The second kappa shape index (κ2) is 2.69. The molecule has 1 aliphatic heterocycles. The largest absolute Gasteiger partial charge is 0.394 e. The topological polar surface area (TPSA) is 32.3 Å². The van der Waals surface area contributed by atoms with Crippen LogP contribution in [0, 0.1) is 6.08 Å². The van der Waals surface area contributed by atoms with Crippen molar-refractivity contribution in [3.8, 4) is 0 Å². The predicted molar refractivity (Wildman–Crippen MR) is 35.6 cm³/mol. The quantitative estimate of drug-likeness (QED) is 0.524. The Morgan fingerprint density at radius 2 is 2.67 bits per heavy atom. The fraction of sp³-hybridized carbons (Fsp3) is 0.429. The molecule has 1 radical (unpaired) electrons. The van der Waals surface area contributed by atoms with Gasteiger partial charge in [-0.1, -0.05) is 12.2 Å². The molecule has 49 valence electrons. The summed E-state index contributed by atoms with van der Waals surface area (Å²) in [5.74, 6) is 0. The van der Waals surface area contributed by atoms with Crippen molar-refractivity contribution >= 4 is 0 Å². The van der Waals surface area contributed by atoms with Crippen LogP contribution in [-0.4, -0.2) is 17.8 Å². The number of aliphatic hydroxyl groups excluding tert-OH is 1. The Morgan fingerprint density at radius 3 is 3.11 bits per heavy atom. The van der Waals surface area contributed by atoms with Gasteiger partial charge in [-0.05, 0) is 6.92 Å². The smallest absolute Gasteiger partial charge is 0.0676 e. The number of aliphatic hydroxyl groups is 1. The molecular formula is C7H10NO. The highest BCUT2D eigenvalue weighted by molar-refractivity contribution is 5.13. The lowest BCUT2D eigenvalue weighted by molar-refractivity contribution is 0.270. The Morgan fingerprint density at radius 1 is 1.89 bits per heavy atom. The van der Waals surface area contributed by atoms with Gasteiger partial charge in [-0.25, -0.2) is 0 Å². The molecule has 0 saturated carbocycles. The average Bonchev–Trinajstić information content (AvgIpc) is 1.88. The fourth-order valence-electron chi connectivity index (χ4n) is 0.764. The van der Waals surface area contributed by atoms with E-state index >= 15 is 0 Å². The summed E-state index contributed by atoms with van der Waals surface area (Å²) in [5, 5.41) is 11.7. The molecule has 0 fully saturated rings. The minimum atomic E-state index is 0.0891. The summed E-state index contributed by atoms with van der Waals surface area (Å²) < 4.78 is 0. The summed E-state index contributed by atoms with van der Waals surface area (Å²) in [4.78, 5) is 0. The summed E-state index contributed by atoms with van der Waals surface area (Å²) in [6.45, 7) is 2.07. The lowest BCUT2D eigenvalue weighted by Crippen LogP contribution is -2.30. The van der Waals surface area contributed by atoms with E-state index in [1.54, 1.807) is 0 Å². The first-order valence-electron chi connectivity index (χ1n) is 2.97. The van der Waals surface area contributed by atoms with Gasteiger partial charge in [0.2, 0.25) is 0 Å². The molecule has 1 rings (SSSR count). The zero-order chi connectivity index (χ0) is 6.69. The zero-order valence-corrected chi connectivity index (χ0v) is 5.39. The van der Waals surface area contributed by atoms with E-state index in [0.29, 0.717) is 0 Å². The fourth-order valence-corrected chi connectivity index (χ4v) is 0.764. The predicted octanol–water partition coefficient (Wildman–Crippen LogP) is 0.214. The highest BCUT2D eigenvalue weighted by atomic mass is 16.3. The van der Waals surface area contributed by atoms with Crippen LogP contribution in [0.15, 0.2) is 17.8 Å². The Kier molecular flexibility index (Phi) is 1.90. The molecule has 0 saturated heterocycles. The number of hydrogen-bond acceptors (Lipinski definition) is 2. The molecule has 1 aliphatic rings. The van der Waals surface area contributed by atoms with Crippen LogP contribution in [0.5, 0.6) is 0 Å². The van der Waals surface area contributed by atoms with E-state index in [1.165, 1.54) is 0 Å². The summed E-state index contributed by atoms with van der Waals surface area (Å²) in [5.41, 5.74) is 0.983. The molecule has 0 unspecified atom stereocenters. The number of dihydropyridines is 1. The molecule has 1 atom stereocenters. The lowest BCUT2D eigenvalue weighted by atomic mass is 10.2. The second-order valence-electron chi connectivity index (χ2n) is 2.06. The van der Waals surface area contributed by atoms with Crippen molar-refractivity contribution in [3.63, 3.8) is 0 Å². The maximum Gasteiger partial charge on any atom is 0.0676 e. The number of rotatable bonds is 1. The molecule has 2 N–H and O–H groups in total. The third-order valence-electron chi connectivity index (χ3n) is 1.23. The third kappa shape index (κ3) is 1.57. The standard InChI is InChI=1S/C7H10NO/c1-6-3-2-4-7(5-9)8-6/h2,4,7-9H,5H2,1H3/t7-/m0/s1. The van der Waals surface area contributed by atoms with Crippen molar-refractivity contribution < 1.29 is 5.11 Å². The van der Waals surface area contributed by atoms with Gasteiger partial charge in [0, 0.05) is 11.8 Å². The molecule has 0 aromatic heterocycles. The van der Waals surface area contributed by atoms with E-state index in [1.807, 2.05) is 19.1 Å². The van der Waals surface area contributed by atoms with Crippen LogP contribution in [-0.2, 0) is 0 Å². The Labute approximate surface area is 54.9 Å². The second-order valence-corrected chi connectivity index (χ2v) is 2.06. The van der Waals surface area contributed by atoms with E-state index in [4.69, 9.17) is 5.11 Å². The average molecular weight is 124 g/mol. The minimum Gasteiger partial charge on any atom is -0.394 e. The van der Waals surface area contributed by atoms with E-state index in [-0.39, 0.29) is 12.6 Å². The summed E-state index contributed by atoms with van der Waals surface area (Å²) in [7, 11) is 0. The molecule has 0 bridgehead atoms. The summed E-state index contributed by atoms with van der Waals surface area (Å²) in [6, 6.07) is 0.0891. The maximum atomic E-state index is 8.65. The van der Waals surface area contributed by atoms with E-state index in [9.17, 15) is 0 Å². The van der Waals surface area contributed by atoms with Crippen LogP contribution in [0.1, 0.15) is 6.92 Å². The van der Waals surface area contributed by atoms with Crippen LogP contribution < -0.4 is 5.32 Å². The molecule has 0 amide bonds. The van der Waals surface area contributed by atoms with Crippen LogP contribution >= 0.6 is 0 Å². The van der Waals surface area contributed by atoms with Crippen molar-refractivity contribution in [3.05, 3.63) is 23.9 Å². The Balaban J connectivity index is 2.51. The highest BCUT2D eigenvalue weighted by Crippen LogP contribution is 1.98. The first-order chi connectivity index (χ1) is 4.33. The number of allylic oxidation sites excluding steroid dienone is 3. The highest BCUT2D eigenvalue weighted by Gasteiger charge is 2.03. The molecule has 9 heavy (non-hydrogen) atoms. The van der Waals surface area contributed by atoms with Crippen molar-refractivity contribution in [1.82, 2.24) is 5.32 Å². The normalized spacial score (nSPS) is 25.1. The molecule has 0 aliphatic carbocycles. The lowest BCUT2D eigenvalue weighted by Gasteiger charge is -2.15. The van der Waals surface area contributed by atoms with Crippen molar-refractivity contribution in [2.45, 2.75) is 13.0 Å². The molecule has 0 spiro atoms. The van der Waals surface area contributed by atoms with E-state index in [2.05, 4.69) is 11.4 Å². The molecule has 2 nitrogen and oxygen atoms in total. The van der Waals surface area contributed by atoms with Gasteiger partial charge >= 0.3 is 0 Å². The Bertz CT molecular complexity index is 149.